The summed E-state index contributed by atoms with van der Waals surface area (Å²) in [5, 5.41) is 12.1. The Hall–Kier alpha value is -3.67. The van der Waals surface area contributed by atoms with Crippen molar-refractivity contribution in [2.45, 2.75) is 0 Å². The molecule has 0 atom stereocenters. The first-order valence-electron chi connectivity index (χ1n) is 8.20. The number of nitrogens with zero attached hydrogens (tertiary/aromatic N) is 3. The molecule has 0 saturated carbocycles. The number of carbonyl (C=O) groups is 1. The van der Waals surface area contributed by atoms with Gasteiger partial charge in [-0.25, -0.2) is 5.43 Å². The predicted octanol–water partition coefficient (Wildman–Crippen LogP) is 3.33. The Labute approximate surface area is 150 Å². The van der Waals surface area contributed by atoms with Crippen molar-refractivity contribution in [3.8, 4) is 11.3 Å². The van der Waals surface area contributed by atoms with Crippen molar-refractivity contribution in [3.05, 3.63) is 78.1 Å². The van der Waals surface area contributed by atoms with Crippen LogP contribution in [-0.4, -0.2) is 26.9 Å². The molecule has 0 aliphatic rings. The predicted molar refractivity (Wildman–Crippen MR) is 102 cm³/mol. The van der Waals surface area contributed by atoms with E-state index in [2.05, 4.69) is 20.7 Å². The average molecular weight is 343 g/mol. The van der Waals surface area contributed by atoms with Gasteiger partial charge in [0, 0.05) is 35.3 Å². The SMILES string of the molecule is Cn1cc(C=NNC(=O)c2cc(-c3ccccc3)n[nH]2)c2ccccc21. The van der Waals surface area contributed by atoms with Crippen LogP contribution in [0.4, 0.5) is 0 Å². The summed E-state index contributed by atoms with van der Waals surface area (Å²) in [5.74, 6) is -0.337. The molecule has 26 heavy (non-hydrogen) atoms. The maximum absolute atomic E-state index is 12.2. The standard InChI is InChI=1S/C20H17N5O/c1-25-13-15(16-9-5-6-10-19(16)25)12-21-24-20(26)18-11-17(22-23-18)14-7-3-2-4-8-14/h2-13H,1H3,(H,22,23)(H,24,26). The van der Waals surface area contributed by atoms with E-state index in [9.17, 15) is 4.79 Å². The highest BCUT2D eigenvalue weighted by molar-refractivity contribution is 6.00. The van der Waals surface area contributed by atoms with Gasteiger partial charge < -0.3 is 4.57 Å². The number of carbonyl (C=O) groups excluding carboxylic acids is 1. The highest BCUT2D eigenvalue weighted by atomic mass is 16.2. The Balaban J connectivity index is 1.49. The third kappa shape index (κ3) is 3.00. The monoisotopic (exact) mass is 343 g/mol. The van der Waals surface area contributed by atoms with Crippen LogP contribution < -0.4 is 5.43 Å². The fourth-order valence-electron chi connectivity index (χ4n) is 2.89. The van der Waals surface area contributed by atoms with E-state index in [0.717, 1.165) is 22.0 Å². The number of amides is 1. The van der Waals surface area contributed by atoms with E-state index in [1.54, 1.807) is 12.3 Å². The molecule has 0 aliphatic heterocycles. The zero-order valence-electron chi connectivity index (χ0n) is 14.2. The van der Waals surface area contributed by atoms with Crippen molar-refractivity contribution >= 4 is 23.0 Å². The smallest absolute Gasteiger partial charge is 0.289 e. The molecule has 0 bridgehead atoms. The molecule has 2 aromatic carbocycles. The van der Waals surface area contributed by atoms with Crippen molar-refractivity contribution in [1.29, 1.82) is 0 Å². The number of benzene rings is 2. The van der Waals surface area contributed by atoms with Gasteiger partial charge in [0.25, 0.3) is 5.91 Å². The van der Waals surface area contributed by atoms with Crippen LogP contribution in [0, 0.1) is 0 Å². The fraction of sp³-hybridized carbons (Fsp3) is 0.0500. The van der Waals surface area contributed by atoms with Gasteiger partial charge >= 0.3 is 0 Å². The maximum atomic E-state index is 12.2. The minimum atomic E-state index is -0.337. The lowest BCUT2D eigenvalue weighted by Gasteiger charge is -1.95. The summed E-state index contributed by atoms with van der Waals surface area (Å²) in [4.78, 5) is 12.2. The summed E-state index contributed by atoms with van der Waals surface area (Å²) in [6, 6.07) is 19.4. The van der Waals surface area contributed by atoms with E-state index in [1.807, 2.05) is 72.4 Å². The summed E-state index contributed by atoms with van der Waals surface area (Å²) in [6.45, 7) is 0. The first kappa shape index (κ1) is 15.8. The second-order valence-corrected chi connectivity index (χ2v) is 5.94. The maximum Gasteiger partial charge on any atom is 0.289 e. The first-order chi connectivity index (χ1) is 12.7. The van der Waals surface area contributed by atoms with Crippen LogP contribution in [0.1, 0.15) is 16.1 Å². The molecular weight excluding hydrogens is 326 g/mol. The molecule has 0 fully saturated rings. The zero-order valence-corrected chi connectivity index (χ0v) is 14.2. The molecule has 0 aliphatic carbocycles. The molecule has 2 N–H and O–H groups in total. The molecule has 4 rings (SSSR count). The number of nitrogens with one attached hydrogen (secondary N) is 2. The summed E-state index contributed by atoms with van der Waals surface area (Å²) >= 11 is 0. The van der Waals surface area contributed by atoms with Gasteiger partial charge in [-0.1, -0.05) is 48.5 Å². The van der Waals surface area contributed by atoms with E-state index in [-0.39, 0.29) is 5.91 Å². The third-order valence-electron chi connectivity index (χ3n) is 4.19. The van der Waals surface area contributed by atoms with Gasteiger partial charge in [-0.2, -0.15) is 10.2 Å². The van der Waals surface area contributed by atoms with Gasteiger partial charge in [-0.15, -0.1) is 0 Å². The fourth-order valence-corrected chi connectivity index (χ4v) is 2.89. The molecule has 2 aromatic heterocycles. The van der Waals surface area contributed by atoms with Crippen molar-refractivity contribution in [2.75, 3.05) is 0 Å². The minimum Gasteiger partial charge on any atom is -0.350 e. The molecule has 0 spiro atoms. The zero-order chi connectivity index (χ0) is 17.9. The van der Waals surface area contributed by atoms with Gasteiger partial charge in [0.1, 0.15) is 5.69 Å². The van der Waals surface area contributed by atoms with Crippen molar-refractivity contribution in [2.24, 2.45) is 12.1 Å². The lowest BCUT2D eigenvalue weighted by Crippen LogP contribution is -2.17. The Morgan fingerprint density at radius 2 is 1.92 bits per heavy atom. The van der Waals surface area contributed by atoms with Crippen molar-refractivity contribution in [3.63, 3.8) is 0 Å². The van der Waals surface area contributed by atoms with E-state index in [0.29, 0.717) is 11.4 Å². The van der Waals surface area contributed by atoms with Crippen LogP contribution >= 0.6 is 0 Å². The largest absolute Gasteiger partial charge is 0.350 e. The molecule has 6 nitrogen and oxygen atoms in total. The van der Waals surface area contributed by atoms with Crippen LogP contribution in [0.5, 0.6) is 0 Å². The van der Waals surface area contributed by atoms with E-state index in [4.69, 9.17) is 0 Å². The summed E-state index contributed by atoms with van der Waals surface area (Å²) in [7, 11) is 1.98. The Bertz CT molecular complexity index is 1090. The van der Waals surface area contributed by atoms with Crippen LogP contribution in [-0.2, 0) is 7.05 Å². The second kappa shape index (κ2) is 6.68. The van der Waals surface area contributed by atoms with E-state index >= 15 is 0 Å². The Kier molecular flexibility index (Phi) is 4.07. The number of H-pyrrole nitrogens is 1. The number of aryl methyl sites for hydroxylation is 1. The first-order valence-corrected chi connectivity index (χ1v) is 8.20. The highest BCUT2D eigenvalue weighted by Crippen LogP contribution is 2.19. The van der Waals surface area contributed by atoms with Crippen LogP contribution in [0.2, 0.25) is 0 Å². The number of rotatable bonds is 4. The number of hydrazone groups is 1. The number of para-hydroxylation sites is 1. The van der Waals surface area contributed by atoms with E-state index < -0.39 is 0 Å². The van der Waals surface area contributed by atoms with Gasteiger partial charge in [0.15, 0.2) is 0 Å². The van der Waals surface area contributed by atoms with E-state index in [1.165, 1.54) is 0 Å². The molecule has 0 unspecified atom stereocenters. The lowest BCUT2D eigenvalue weighted by molar-refractivity contribution is 0.0950. The van der Waals surface area contributed by atoms with Crippen molar-refractivity contribution < 1.29 is 4.79 Å². The Morgan fingerprint density at radius 1 is 1.15 bits per heavy atom. The van der Waals surface area contributed by atoms with Crippen LogP contribution in [0.25, 0.3) is 22.2 Å². The quantitative estimate of drug-likeness (QED) is 0.440. The topological polar surface area (TPSA) is 75.1 Å². The summed E-state index contributed by atoms with van der Waals surface area (Å²) < 4.78 is 2.03. The molecule has 0 radical (unpaired) electrons. The summed E-state index contributed by atoms with van der Waals surface area (Å²) in [6.07, 6.45) is 3.62. The molecule has 6 heteroatoms. The Morgan fingerprint density at radius 3 is 2.77 bits per heavy atom. The van der Waals surface area contributed by atoms with Gasteiger partial charge in [0.2, 0.25) is 0 Å². The van der Waals surface area contributed by atoms with Gasteiger partial charge in [0.05, 0.1) is 11.9 Å². The molecule has 4 aromatic rings. The second-order valence-electron chi connectivity index (χ2n) is 5.94. The van der Waals surface area contributed by atoms with Gasteiger partial charge in [-0.05, 0) is 12.1 Å². The van der Waals surface area contributed by atoms with Crippen LogP contribution in [0.3, 0.4) is 0 Å². The number of hydrogen-bond acceptors (Lipinski definition) is 3. The number of aromatic nitrogens is 3. The molecule has 2 heterocycles. The molecular formula is C20H17N5O. The third-order valence-corrected chi connectivity index (χ3v) is 4.19. The van der Waals surface area contributed by atoms with Crippen LogP contribution in [0.15, 0.2) is 72.0 Å². The van der Waals surface area contributed by atoms with Gasteiger partial charge in [-0.3, -0.25) is 9.89 Å². The molecule has 1 amide bonds. The normalized spacial score (nSPS) is 11.3. The van der Waals surface area contributed by atoms with Crippen molar-refractivity contribution in [1.82, 2.24) is 20.2 Å². The lowest BCUT2D eigenvalue weighted by atomic mass is 10.1. The number of aromatic amines is 1. The average Bonchev–Trinajstić information content (AvgIpc) is 3.29. The highest BCUT2D eigenvalue weighted by Gasteiger charge is 2.10. The molecule has 0 saturated heterocycles. The summed E-state index contributed by atoms with van der Waals surface area (Å²) in [5.41, 5.74) is 6.61. The number of hydrogen-bond donors (Lipinski definition) is 2. The minimum absolute atomic E-state index is 0.337. The number of fused-ring (bicyclic) bond motifs is 1. The molecule has 128 valence electrons.